The Morgan fingerprint density at radius 2 is 1.94 bits per heavy atom. The molecule has 0 aliphatic rings. The van der Waals surface area contributed by atoms with E-state index in [9.17, 15) is 9.90 Å². The van der Waals surface area contributed by atoms with Crippen LogP contribution in [0.4, 0.5) is 0 Å². The molecule has 0 radical (unpaired) electrons. The summed E-state index contributed by atoms with van der Waals surface area (Å²) in [6, 6.07) is 15.5. The number of ether oxygens (including phenoxy) is 1. The Morgan fingerprint density at radius 1 is 1.12 bits per heavy atom. The first-order chi connectivity index (χ1) is 15.6. The second kappa shape index (κ2) is 9.94. The van der Waals surface area contributed by atoms with Crippen LogP contribution in [0, 0.1) is 0 Å². The van der Waals surface area contributed by atoms with Crippen LogP contribution in [0.3, 0.4) is 0 Å². The van der Waals surface area contributed by atoms with Crippen molar-refractivity contribution in [1.29, 1.82) is 0 Å². The first-order valence-corrected chi connectivity index (χ1v) is 10.9. The van der Waals surface area contributed by atoms with E-state index in [1.165, 1.54) is 0 Å². The normalized spacial score (nSPS) is 11.2. The summed E-state index contributed by atoms with van der Waals surface area (Å²) in [4.78, 5) is 15.4. The van der Waals surface area contributed by atoms with Gasteiger partial charge in [0.2, 0.25) is 0 Å². The predicted octanol–water partition coefficient (Wildman–Crippen LogP) is 5.35. The molecule has 164 valence electrons. The van der Waals surface area contributed by atoms with Crippen molar-refractivity contribution in [2.24, 2.45) is 0 Å². The number of fused-ring (bicyclic) bond motifs is 1. The molecule has 0 unspecified atom stereocenters. The van der Waals surface area contributed by atoms with E-state index >= 15 is 0 Å². The number of carboxylic acid groups (broad SMARTS) is 1. The summed E-state index contributed by atoms with van der Waals surface area (Å²) in [6.07, 6.45) is 4.63. The van der Waals surface area contributed by atoms with Gasteiger partial charge < -0.3 is 9.84 Å². The lowest BCUT2D eigenvalue weighted by atomic mass is 9.95. The first-order valence-electron chi connectivity index (χ1n) is 10.5. The lowest BCUT2D eigenvalue weighted by molar-refractivity contribution is -0.136. The summed E-state index contributed by atoms with van der Waals surface area (Å²) in [5, 5.41) is 14.9. The fourth-order valence-electron chi connectivity index (χ4n) is 3.85. The molecule has 7 heteroatoms. The highest BCUT2D eigenvalue weighted by Crippen LogP contribution is 2.34. The van der Waals surface area contributed by atoms with E-state index in [1.807, 2.05) is 47.0 Å². The number of aryl methyl sites for hydroxylation is 1. The Bertz CT molecular complexity index is 1240. The van der Waals surface area contributed by atoms with Gasteiger partial charge in [0.1, 0.15) is 0 Å². The summed E-state index contributed by atoms with van der Waals surface area (Å²) in [7, 11) is 0. The van der Waals surface area contributed by atoms with Crippen molar-refractivity contribution in [3.05, 3.63) is 88.5 Å². The Morgan fingerprint density at radius 3 is 2.66 bits per heavy atom. The smallest absolute Gasteiger partial charge is 0.303 e. The summed E-state index contributed by atoms with van der Waals surface area (Å²) in [5.74, 6) is -0.852. The van der Waals surface area contributed by atoms with Crippen LogP contribution in [0.5, 0.6) is 0 Å². The lowest BCUT2D eigenvalue weighted by Gasteiger charge is -2.17. The monoisotopic (exact) mass is 449 g/mol. The van der Waals surface area contributed by atoms with Gasteiger partial charge in [-0.05, 0) is 65.9 Å². The van der Waals surface area contributed by atoms with Crippen molar-refractivity contribution in [1.82, 2.24) is 14.6 Å². The van der Waals surface area contributed by atoms with Crippen molar-refractivity contribution < 1.29 is 14.6 Å². The maximum Gasteiger partial charge on any atom is 0.303 e. The van der Waals surface area contributed by atoms with E-state index in [4.69, 9.17) is 21.4 Å². The van der Waals surface area contributed by atoms with Crippen molar-refractivity contribution in [3.8, 4) is 11.1 Å². The van der Waals surface area contributed by atoms with Crippen LogP contribution in [0.1, 0.15) is 35.9 Å². The number of hydrogen-bond acceptors (Lipinski definition) is 4. The molecule has 0 saturated heterocycles. The number of rotatable bonds is 9. The molecule has 0 spiro atoms. The standard InChI is InChI=1S/C25H24ClN3O3/c1-2-20-6-8-23-25(18-4-3-5-19(26)14-18)21(7-9-24(30)31)22(28-29(20)23)16-32-15-17-10-12-27-13-11-17/h3-6,8,10-14H,2,7,9,15-16H2,1H3,(H,30,31). The third-order valence-corrected chi connectivity index (χ3v) is 5.62. The quantitative estimate of drug-likeness (QED) is 0.373. The molecule has 0 aliphatic heterocycles. The molecule has 4 rings (SSSR count). The molecule has 0 saturated carbocycles. The minimum atomic E-state index is -0.852. The molecule has 3 aromatic heterocycles. The molecule has 1 aromatic carbocycles. The Labute approximate surface area is 191 Å². The number of benzene rings is 1. The third-order valence-electron chi connectivity index (χ3n) is 5.38. The van der Waals surface area contributed by atoms with Crippen molar-refractivity contribution >= 4 is 23.1 Å². The van der Waals surface area contributed by atoms with Crippen LogP contribution in [0.25, 0.3) is 16.6 Å². The predicted molar refractivity (Wildman–Crippen MR) is 124 cm³/mol. The zero-order valence-corrected chi connectivity index (χ0v) is 18.5. The Kier molecular flexibility index (Phi) is 6.83. The average molecular weight is 450 g/mol. The second-order valence-electron chi connectivity index (χ2n) is 7.53. The molecular weight excluding hydrogens is 426 g/mol. The average Bonchev–Trinajstić information content (AvgIpc) is 3.20. The fraction of sp³-hybridized carbons (Fsp3) is 0.240. The van der Waals surface area contributed by atoms with Gasteiger partial charge in [0.15, 0.2) is 0 Å². The van der Waals surface area contributed by atoms with Crippen LogP contribution < -0.4 is 0 Å². The zero-order chi connectivity index (χ0) is 22.5. The van der Waals surface area contributed by atoms with Gasteiger partial charge in [-0.15, -0.1) is 0 Å². The van der Waals surface area contributed by atoms with Gasteiger partial charge in [0.25, 0.3) is 0 Å². The SMILES string of the molecule is CCc1ccc2c(-c3cccc(Cl)c3)c(CCC(=O)O)c(COCc3ccncc3)nn12. The number of carboxylic acids is 1. The van der Waals surface area contributed by atoms with Crippen LogP contribution in [0.15, 0.2) is 60.9 Å². The Balaban J connectivity index is 1.82. The highest BCUT2D eigenvalue weighted by molar-refractivity contribution is 6.30. The third kappa shape index (κ3) is 4.82. The van der Waals surface area contributed by atoms with Crippen molar-refractivity contribution in [2.45, 2.75) is 39.4 Å². The van der Waals surface area contributed by atoms with Gasteiger partial charge in [0, 0.05) is 35.1 Å². The van der Waals surface area contributed by atoms with E-state index < -0.39 is 5.97 Å². The summed E-state index contributed by atoms with van der Waals surface area (Å²) < 4.78 is 7.93. The molecule has 0 atom stereocenters. The highest BCUT2D eigenvalue weighted by Gasteiger charge is 2.20. The first kappa shape index (κ1) is 22.0. The molecule has 3 heterocycles. The number of pyridine rings is 1. The minimum absolute atomic E-state index is 0.00408. The zero-order valence-electron chi connectivity index (χ0n) is 17.8. The van der Waals surface area contributed by atoms with Gasteiger partial charge in [-0.25, -0.2) is 4.52 Å². The van der Waals surface area contributed by atoms with Gasteiger partial charge >= 0.3 is 5.97 Å². The van der Waals surface area contributed by atoms with E-state index in [2.05, 4.69) is 18.0 Å². The molecule has 1 N–H and O–H groups in total. The number of halogens is 1. The van der Waals surface area contributed by atoms with Gasteiger partial charge in [-0.1, -0.05) is 30.7 Å². The maximum absolute atomic E-state index is 11.4. The lowest BCUT2D eigenvalue weighted by Crippen LogP contribution is -2.11. The molecule has 4 aromatic rings. The van der Waals surface area contributed by atoms with Crippen LogP contribution >= 0.6 is 11.6 Å². The maximum atomic E-state index is 11.4. The summed E-state index contributed by atoms with van der Waals surface area (Å²) in [6.45, 7) is 2.77. The molecule has 0 bridgehead atoms. The van der Waals surface area contributed by atoms with Crippen LogP contribution in [-0.2, 0) is 35.6 Å². The molecule has 32 heavy (non-hydrogen) atoms. The fourth-order valence-corrected chi connectivity index (χ4v) is 4.04. The van der Waals surface area contributed by atoms with Gasteiger partial charge in [-0.2, -0.15) is 5.10 Å². The topological polar surface area (TPSA) is 76.7 Å². The molecule has 0 fully saturated rings. The van der Waals surface area contributed by atoms with E-state index in [0.717, 1.165) is 45.6 Å². The second-order valence-corrected chi connectivity index (χ2v) is 7.96. The molecule has 0 aliphatic carbocycles. The van der Waals surface area contributed by atoms with Gasteiger partial charge in [-0.3, -0.25) is 9.78 Å². The van der Waals surface area contributed by atoms with Gasteiger partial charge in [0.05, 0.1) is 24.4 Å². The van der Waals surface area contributed by atoms with E-state index in [0.29, 0.717) is 18.1 Å². The molecule has 0 amide bonds. The summed E-state index contributed by atoms with van der Waals surface area (Å²) >= 11 is 6.30. The molecule has 6 nitrogen and oxygen atoms in total. The number of carbonyl (C=O) groups is 1. The minimum Gasteiger partial charge on any atom is -0.481 e. The number of aromatic nitrogens is 3. The molecular formula is C25H24ClN3O3. The summed E-state index contributed by atoms with van der Waals surface area (Å²) in [5.41, 5.74) is 6.50. The van der Waals surface area contributed by atoms with Crippen molar-refractivity contribution in [2.75, 3.05) is 0 Å². The van der Waals surface area contributed by atoms with E-state index in [1.54, 1.807) is 12.4 Å². The van der Waals surface area contributed by atoms with Crippen molar-refractivity contribution in [3.63, 3.8) is 0 Å². The highest BCUT2D eigenvalue weighted by atomic mass is 35.5. The van der Waals surface area contributed by atoms with Crippen LogP contribution in [0.2, 0.25) is 5.02 Å². The number of aliphatic carboxylic acids is 1. The number of hydrogen-bond donors (Lipinski definition) is 1. The van der Waals surface area contributed by atoms with Crippen LogP contribution in [-0.4, -0.2) is 25.7 Å². The largest absolute Gasteiger partial charge is 0.481 e. The Hall–Kier alpha value is -3.22. The van der Waals surface area contributed by atoms with E-state index in [-0.39, 0.29) is 13.0 Å². The number of nitrogens with zero attached hydrogens (tertiary/aromatic N) is 3.